The minimum Gasteiger partial charge on any atom is -0.396 e. The van der Waals surface area contributed by atoms with Crippen LogP contribution in [0.15, 0.2) is 18.2 Å². The number of nitrogens with zero attached hydrogens (tertiary/aromatic N) is 2. The van der Waals surface area contributed by atoms with Crippen molar-refractivity contribution < 1.29 is 14.8 Å². The van der Waals surface area contributed by atoms with Crippen LogP contribution in [0.5, 0.6) is 0 Å². The van der Waals surface area contributed by atoms with Gasteiger partial charge in [-0.15, -0.1) is 0 Å². The topological polar surface area (TPSA) is 83.7 Å². The number of rotatable bonds is 4. The number of carbonyl (C=O) groups is 1. The van der Waals surface area contributed by atoms with Gasteiger partial charge in [-0.05, 0) is 30.9 Å². The lowest BCUT2D eigenvalue weighted by atomic mass is 10.1. The molecule has 1 atom stereocenters. The highest BCUT2D eigenvalue weighted by Crippen LogP contribution is 2.27. The van der Waals surface area contributed by atoms with E-state index in [1.165, 1.54) is 18.2 Å². The lowest BCUT2D eigenvalue weighted by Gasteiger charge is -2.16. The Kier molecular flexibility index (Phi) is 4.57. The molecule has 108 valence electrons. The Morgan fingerprint density at radius 3 is 2.95 bits per heavy atom. The predicted octanol–water partition coefficient (Wildman–Crippen LogP) is 2.09. The summed E-state index contributed by atoms with van der Waals surface area (Å²) in [6.45, 7) is 1.18. The number of aliphatic hydroxyl groups excluding tert-OH is 1. The lowest BCUT2D eigenvalue weighted by molar-refractivity contribution is -0.385. The van der Waals surface area contributed by atoms with Gasteiger partial charge in [0.15, 0.2) is 0 Å². The van der Waals surface area contributed by atoms with Gasteiger partial charge in [-0.3, -0.25) is 14.9 Å². The van der Waals surface area contributed by atoms with Gasteiger partial charge in [0.1, 0.15) is 5.56 Å². The van der Waals surface area contributed by atoms with Gasteiger partial charge in [-0.25, -0.2) is 0 Å². The fourth-order valence-corrected chi connectivity index (χ4v) is 2.61. The first-order valence-corrected chi connectivity index (χ1v) is 6.74. The van der Waals surface area contributed by atoms with E-state index in [9.17, 15) is 14.9 Å². The summed E-state index contributed by atoms with van der Waals surface area (Å²) in [5.74, 6) is -0.0934. The van der Waals surface area contributed by atoms with Gasteiger partial charge in [0.05, 0.1) is 4.92 Å². The van der Waals surface area contributed by atoms with Gasteiger partial charge < -0.3 is 10.0 Å². The molecular weight excluding hydrogens is 284 g/mol. The fraction of sp³-hybridized carbons (Fsp3) is 0.462. The van der Waals surface area contributed by atoms with Crippen molar-refractivity contribution in [3.8, 4) is 0 Å². The van der Waals surface area contributed by atoms with Crippen LogP contribution in [0.2, 0.25) is 5.02 Å². The third kappa shape index (κ3) is 3.08. The minimum absolute atomic E-state index is 0.0593. The van der Waals surface area contributed by atoms with Gasteiger partial charge >= 0.3 is 0 Å². The van der Waals surface area contributed by atoms with Crippen LogP contribution in [0.3, 0.4) is 0 Å². The molecule has 0 bridgehead atoms. The Hall–Kier alpha value is -1.66. The number of hydrogen-bond acceptors (Lipinski definition) is 4. The maximum Gasteiger partial charge on any atom is 0.283 e. The first-order valence-electron chi connectivity index (χ1n) is 6.37. The van der Waals surface area contributed by atoms with E-state index in [1.807, 2.05) is 0 Å². The largest absolute Gasteiger partial charge is 0.396 e. The summed E-state index contributed by atoms with van der Waals surface area (Å²) in [7, 11) is 0. The van der Waals surface area contributed by atoms with Crippen LogP contribution >= 0.6 is 11.6 Å². The van der Waals surface area contributed by atoms with Crippen LogP contribution in [0.25, 0.3) is 0 Å². The zero-order valence-corrected chi connectivity index (χ0v) is 11.5. The molecule has 0 aliphatic carbocycles. The molecular formula is C13H15ClN2O4. The standard InChI is InChI=1S/C13H15ClN2O4/c14-10-1-2-11(12(7-10)16(19)20)13(18)15-5-3-9(8-15)4-6-17/h1-2,7,9,17H,3-6,8H2. The molecule has 1 aromatic carbocycles. The molecule has 6 nitrogen and oxygen atoms in total. The summed E-state index contributed by atoms with van der Waals surface area (Å²) in [6.07, 6.45) is 1.46. The molecule has 1 aromatic rings. The molecule has 0 aromatic heterocycles. The van der Waals surface area contributed by atoms with E-state index < -0.39 is 4.92 Å². The second-order valence-corrected chi connectivity index (χ2v) is 5.27. The Labute approximate surface area is 121 Å². The van der Waals surface area contributed by atoms with E-state index in [-0.39, 0.29) is 34.7 Å². The van der Waals surface area contributed by atoms with E-state index in [0.717, 1.165) is 6.42 Å². The molecule has 1 fully saturated rings. The molecule has 20 heavy (non-hydrogen) atoms. The van der Waals surface area contributed by atoms with Crippen LogP contribution in [0.1, 0.15) is 23.2 Å². The minimum atomic E-state index is -0.597. The first-order chi connectivity index (χ1) is 9.52. The molecule has 1 N–H and O–H groups in total. The Morgan fingerprint density at radius 1 is 1.55 bits per heavy atom. The summed E-state index contributed by atoms with van der Waals surface area (Å²) in [6, 6.07) is 4.06. The van der Waals surface area contributed by atoms with Crippen molar-refractivity contribution in [2.45, 2.75) is 12.8 Å². The van der Waals surface area contributed by atoms with Gasteiger partial charge in [0, 0.05) is 30.8 Å². The zero-order chi connectivity index (χ0) is 14.7. The number of benzene rings is 1. The molecule has 1 unspecified atom stereocenters. The Bertz CT molecular complexity index is 535. The summed E-state index contributed by atoms with van der Waals surface area (Å²) in [5.41, 5.74) is -0.211. The van der Waals surface area contributed by atoms with E-state index in [4.69, 9.17) is 16.7 Å². The SMILES string of the molecule is O=C(c1ccc(Cl)cc1[N+](=O)[O-])N1CCC(CCO)C1. The van der Waals surface area contributed by atoms with E-state index >= 15 is 0 Å². The van der Waals surface area contributed by atoms with Gasteiger partial charge in [0.25, 0.3) is 11.6 Å². The van der Waals surface area contributed by atoms with E-state index in [1.54, 1.807) is 4.90 Å². The van der Waals surface area contributed by atoms with Gasteiger partial charge in [-0.1, -0.05) is 11.6 Å². The zero-order valence-electron chi connectivity index (χ0n) is 10.8. The lowest BCUT2D eigenvalue weighted by Crippen LogP contribution is -2.29. The van der Waals surface area contributed by atoms with Crippen molar-refractivity contribution in [2.75, 3.05) is 19.7 Å². The number of amides is 1. The number of nitro groups is 1. The number of aliphatic hydroxyl groups is 1. The van der Waals surface area contributed by atoms with Crippen LogP contribution in [0, 0.1) is 16.0 Å². The molecule has 1 aliphatic heterocycles. The average Bonchev–Trinajstić information content (AvgIpc) is 2.87. The third-order valence-corrected chi connectivity index (χ3v) is 3.73. The molecule has 1 saturated heterocycles. The predicted molar refractivity (Wildman–Crippen MR) is 73.8 cm³/mol. The summed E-state index contributed by atoms with van der Waals surface area (Å²) >= 11 is 5.73. The highest BCUT2D eigenvalue weighted by molar-refractivity contribution is 6.31. The normalized spacial score (nSPS) is 18.3. The molecule has 7 heteroatoms. The maximum absolute atomic E-state index is 12.3. The molecule has 2 rings (SSSR count). The molecule has 1 amide bonds. The van der Waals surface area contributed by atoms with Gasteiger partial charge in [-0.2, -0.15) is 0 Å². The first kappa shape index (κ1) is 14.7. The van der Waals surface area contributed by atoms with Crippen LogP contribution in [0.4, 0.5) is 5.69 Å². The molecule has 0 saturated carbocycles. The number of hydrogen-bond donors (Lipinski definition) is 1. The second kappa shape index (κ2) is 6.19. The van der Waals surface area contributed by atoms with Crippen molar-refractivity contribution in [1.82, 2.24) is 4.90 Å². The summed E-state index contributed by atoms with van der Waals surface area (Å²) in [4.78, 5) is 24.3. The number of carbonyl (C=O) groups excluding carboxylic acids is 1. The molecule has 0 radical (unpaired) electrons. The highest BCUT2D eigenvalue weighted by Gasteiger charge is 2.30. The smallest absolute Gasteiger partial charge is 0.283 e. The van der Waals surface area contributed by atoms with Gasteiger partial charge in [0.2, 0.25) is 0 Å². The van der Waals surface area contributed by atoms with Crippen molar-refractivity contribution in [3.63, 3.8) is 0 Å². The fourth-order valence-electron chi connectivity index (χ4n) is 2.44. The number of nitro benzene ring substituents is 1. The van der Waals surface area contributed by atoms with Crippen molar-refractivity contribution >= 4 is 23.2 Å². The van der Waals surface area contributed by atoms with Crippen molar-refractivity contribution in [1.29, 1.82) is 0 Å². The molecule has 1 aliphatic rings. The maximum atomic E-state index is 12.3. The van der Waals surface area contributed by atoms with Crippen molar-refractivity contribution in [3.05, 3.63) is 38.9 Å². The monoisotopic (exact) mass is 298 g/mol. The number of halogens is 1. The van der Waals surface area contributed by atoms with Crippen LogP contribution in [-0.4, -0.2) is 40.5 Å². The van der Waals surface area contributed by atoms with Crippen molar-refractivity contribution in [2.24, 2.45) is 5.92 Å². The number of likely N-dealkylation sites (tertiary alicyclic amines) is 1. The van der Waals surface area contributed by atoms with Crippen LogP contribution < -0.4 is 0 Å². The van der Waals surface area contributed by atoms with Crippen LogP contribution in [-0.2, 0) is 0 Å². The van der Waals surface area contributed by atoms with E-state index in [2.05, 4.69) is 0 Å². The average molecular weight is 299 g/mol. The summed E-state index contributed by atoms with van der Waals surface area (Å²) in [5, 5.41) is 20.1. The Morgan fingerprint density at radius 2 is 2.30 bits per heavy atom. The quantitative estimate of drug-likeness (QED) is 0.681. The van der Waals surface area contributed by atoms with E-state index in [0.29, 0.717) is 19.5 Å². The Balaban J connectivity index is 2.20. The summed E-state index contributed by atoms with van der Waals surface area (Å²) < 4.78 is 0. The third-order valence-electron chi connectivity index (χ3n) is 3.50. The second-order valence-electron chi connectivity index (χ2n) is 4.84. The molecule has 0 spiro atoms. The highest BCUT2D eigenvalue weighted by atomic mass is 35.5. The molecule has 1 heterocycles.